The largest absolute Gasteiger partial charge is 0.504 e. The molecule has 1 aliphatic heterocycles. The van der Waals surface area contributed by atoms with E-state index in [1.54, 1.807) is 19.1 Å². The van der Waals surface area contributed by atoms with Crippen LogP contribution in [0.2, 0.25) is 10.0 Å². The summed E-state index contributed by atoms with van der Waals surface area (Å²) in [4.78, 5) is 24.4. The zero-order valence-corrected chi connectivity index (χ0v) is 18.8. The first kappa shape index (κ1) is 21.9. The van der Waals surface area contributed by atoms with Crippen LogP contribution in [0.15, 0.2) is 72.2 Å². The lowest BCUT2D eigenvalue weighted by Gasteiger charge is -2.11. The van der Waals surface area contributed by atoms with Crippen molar-refractivity contribution in [3.05, 3.63) is 104 Å². The number of benzene rings is 3. The summed E-state index contributed by atoms with van der Waals surface area (Å²) in [5, 5.41) is 11.3. The van der Waals surface area contributed by atoms with E-state index in [1.807, 2.05) is 43.3 Å². The minimum atomic E-state index is -0.684. The highest BCUT2D eigenvalue weighted by molar-refractivity contribution is 6.35. The molecule has 6 heteroatoms. The molecule has 4 nitrogen and oxygen atoms in total. The lowest BCUT2D eigenvalue weighted by atomic mass is 9.93. The molecule has 1 heterocycles. The number of hydrogen-bond acceptors (Lipinski definition) is 4. The van der Waals surface area contributed by atoms with Gasteiger partial charge in [-0.1, -0.05) is 65.7 Å². The van der Waals surface area contributed by atoms with Crippen molar-refractivity contribution in [1.82, 2.24) is 0 Å². The molecular formula is C26H18Cl2O4. The van der Waals surface area contributed by atoms with E-state index in [-0.39, 0.29) is 22.9 Å². The minimum absolute atomic E-state index is 0.00405. The van der Waals surface area contributed by atoms with E-state index >= 15 is 0 Å². The molecule has 1 aliphatic rings. The number of carbonyl (C=O) groups is 2. The molecule has 0 bridgehead atoms. The van der Waals surface area contributed by atoms with E-state index in [1.165, 1.54) is 18.2 Å². The molecule has 0 radical (unpaired) electrons. The predicted molar refractivity (Wildman–Crippen MR) is 127 cm³/mol. The van der Waals surface area contributed by atoms with Crippen LogP contribution >= 0.6 is 23.2 Å². The molecule has 0 saturated carbocycles. The van der Waals surface area contributed by atoms with Crippen LogP contribution in [-0.4, -0.2) is 16.9 Å². The third-order valence-corrected chi connectivity index (χ3v) is 5.61. The zero-order valence-electron chi connectivity index (χ0n) is 17.3. The highest BCUT2D eigenvalue weighted by Crippen LogP contribution is 2.35. The summed E-state index contributed by atoms with van der Waals surface area (Å²) in [6.07, 6.45) is 1.58. The number of aliphatic hydroxyl groups is 1. The summed E-state index contributed by atoms with van der Waals surface area (Å²) in [7, 11) is 0. The zero-order chi connectivity index (χ0) is 23.0. The molecule has 0 unspecified atom stereocenters. The van der Waals surface area contributed by atoms with Crippen molar-refractivity contribution in [3.8, 4) is 11.1 Å². The van der Waals surface area contributed by atoms with Crippen LogP contribution in [0, 0.1) is 6.92 Å². The van der Waals surface area contributed by atoms with Gasteiger partial charge in [-0.25, -0.2) is 4.79 Å². The summed E-state index contributed by atoms with van der Waals surface area (Å²) >= 11 is 12.1. The highest BCUT2D eigenvalue weighted by Gasteiger charge is 2.31. The predicted octanol–water partition coefficient (Wildman–Crippen LogP) is 7.04. The van der Waals surface area contributed by atoms with Crippen LogP contribution in [0.4, 0.5) is 0 Å². The Hall–Kier alpha value is -3.34. The Morgan fingerprint density at radius 2 is 1.66 bits per heavy atom. The molecule has 160 valence electrons. The summed E-state index contributed by atoms with van der Waals surface area (Å²) in [6, 6.07) is 17.7. The van der Waals surface area contributed by atoms with Gasteiger partial charge in [0.05, 0.1) is 0 Å². The maximum Gasteiger partial charge on any atom is 0.348 e. The van der Waals surface area contributed by atoms with Crippen molar-refractivity contribution < 1.29 is 19.4 Å². The Morgan fingerprint density at radius 1 is 0.969 bits per heavy atom. The van der Waals surface area contributed by atoms with Crippen LogP contribution in [0.1, 0.15) is 34.0 Å². The fraction of sp³-hybridized carbons (Fsp3) is 0.0769. The molecule has 3 aromatic rings. The van der Waals surface area contributed by atoms with Gasteiger partial charge in [-0.05, 0) is 65.9 Å². The number of aryl methyl sites for hydroxylation is 1. The summed E-state index contributed by atoms with van der Waals surface area (Å²) in [5.41, 5.74) is 4.47. The Balaban J connectivity index is 1.72. The number of esters is 1. The first-order valence-corrected chi connectivity index (χ1v) is 10.5. The van der Waals surface area contributed by atoms with Crippen molar-refractivity contribution in [3.63, 3.8) is 0 Å². The summed E-state index contributed by atoms with van der Waals surface area (Å²) in [6.45, 7) is 3.48. The molecule has 1 N–H and O–H groups in total. The molecule has 0 aromatic heterocycles. The highest BCUT2D eigenvalue weighted by atomic mass is 35.5. The van der Waals surface area contributed by atoms with Crippen LogP contribution in [0.5, 0.6) is 0 Å². The van der Waals surface area contributed by atoms with Crippen molar-refractivity contribution in [2.45, 2.75) is 13.8 Å². The van der Waals surface area contributed by atoms with E-state index in [9.17, 15) is 14.7 Å². The van der Waals surface area contributed by atoms with E-state index in [4.69, 9.17) is 27.9 Å². The van der Waals surface area contributed by atoms with Crippen LogP contribution < -0.4 is 0 Å². The second-order valence-corrected chi connectivity index (χ2v) is 8.33. The van der Waals surface area contributed by atoms with E-state index in [0.29, 0.717) is 21.2 Å². The standard InChI is InChI=1S/C26H18Cl2O4/c1-14-9-16(7-8-20(14)22-6-4-3-5-21(22)15(2)29)10-23-25(30)24(26(31)32-23)17-11-18(27)13-19(28)12-17/h3-13,30H,1-2H3/b23-10-. The molecule has 0 spiro atoms. The molecule has 0 atom stereocenters. The van der Waals surface area contributed by atoms with Crippen molar-refractivity contribution in [1.29, 1.82) is 0 Å². The number of ketones is 1. The molecule has 32 heavy (non-hydrogen) atoms. The maximum absolute atomic E-state index is 12.4. The van der Waals surface area contributed by atoms with Gasteiger partial charge in [0.2, 0.25) is 0 Å². The molecule has 0 saturated heterocycles. The molecule has 0 fully saturated rings. The van der Waals surface area contributed by atoms with Gasteiger partial charge in [0, 0.05) is 15.6 Å². The van der Waals surface area contributed by atoms with Gasteiger partial charge in [0.1, 0.15) is 5.57 Å². The van der Waals surface area contributed by atoms with E-state index in [0.717, 1.165) is 22.3 Å². The fourth-order valence-corrected chi connectivity index (χ4v) is 4.25. The third-order valence-electron chi connectivity index (χ3n) is 5.17. The number of Topliss-reactive ketones (excluding diaryl/α,β-unsaturated/α-hetero) is 1. The quantitative estimate of drug-likeness (QED) is 0.332. The van der Waals surface area contributed by atoms with Gasteiger partial charge in [-0.15, -0.1) is 0 Å². The number of hydrogen-bond donors (Lipinski definition) is 1. The van der Waals surface area contributed by atoms with Crippen LogP contribution in [0.25, 0.3) is 22.8 Å². The van der Waals surface area contributed by atoms with Gasteiger partial charge in [-0.2, -0.15) is 0 Å². The smallest absolute Gasteiger partial charge is 0.348 e. The monoisotopic (exact) mass is 464 g/mol. The average molecular weight is 465 g/mol. The third kappa shape index (κ3) is 4.20. The number of aliphatic hydroxyl groups excluding tert-OH is 1. The lowest BCUT2D eigenvalue weighted by molar-refractivity contribution is -0.131. The SMILES string of the molecule is CC(=O)c1ccccc1-c1ccc(/C=C2\OC(=O)C(c3cc(Cl)cc(Cl)c3)=C2O)cc1C. The van der Waals surface area contributed by atoms with E-state index in [2.05, 4.69) is 0 Å². The number of cyclic esters (lactones) is 1. The van der Waals surface area contributed by atoms with Gasteiger partial charge < -0.3 is 9.84 Å². The van der Waals surface area contributed by atoms with Crippen molar-refractivity contribution in [2.24, 2.45) is 0 Å². The summed E-state index contributed by atoms with van der Waals surface area (Å²) < 4.78 is 5.30. The first-order valence-electron chi connectivity index (χ1n) is 9.79. The van der Waals surface area contributed by atoms with Gasteiger partial charge in [0.25, 0.3) is 0 Å². The first-order chi connectivity index (χ1) is 15.2. The topological polar surface area (TPSA) is 63.6 Å². The molecule has 4 rings (SSSR count). The normalized spacial score (nSPS) is 14.8. The lowest BCUT2D eigenvalue weighted by Crippen LogP contribution is -1.98. The van der Waals surface area contributed by atoms with E-state index < -0.39 is 5.97 Å². The number of rotatable bonds is 4. The second-order valence-electron chi connectivity index (χ2n) is 7.46. The van der Waals surface area contributed by atoms with Crippen LogP contribution in [-0.2, 0) is 9.53 Å². The number of carbonyl (C=O) groups excluding carboxylic acids is 2. The van der Waals surface area contributed by atoms with Crippen molar-refractivity contribution >= 4 is 46.6 Å². The Bertz CT molecular complexity index is 1320. The Morgan fingerprint density at radius 3 is 2.31 bits per heavy atom. The van der Waals surface area contributed by atoms with Gasteiger partial charge in [0.15, 0.2) is 17.3 Å². The number of halogens is 2. The Labute approximate surface area is 195 Å². The second kappa shape index (κ2) is 8.65. The average Bonchev–Trinajstić information content (AvgIpc) is 3.00. The number of ether oxygens (including phenoxy) is 1. The van der Waals surface area contributed by atoms with Gasteiger partial charge >= 0.3 is 5.97 Å². The minimum Gasteiger partial charge on any atom is -0.504 e. The Kier molecular flexibility index (Phi) is 5.92. The molecule has 0 aliphatic carbocycles. The molecule has 0 amide bonds. The van der Waals surface area contributed by atoms with Crippen LogP contribution in [0.3, 0.4) is 0 Å². The van der Waals surface area contributed by atoms with Gasteiger partial charge in [-0.3, -0.25) is 4.79 Å². The summed E-state index contributed by atoms with van der Waals surface area (Å²) in [5.74, 6) is -0.932. The molecular weight excluding hydrogens is 447 g/mol. The fourth-order valence-electron chi connectivity index (χ4n) is 3.72. The van der Waals surface area contributed by atoms with Crippen molar-refractivity contribution in [2.75, 3.05) is 0 Å². The maximum atomic E-state index is 12.4. The molecule has 3 aromatic carbocycles.